The van der Waals surface area contributed by atoms with Gasteiger partial charge >= 0.3 is 0 Å². The summed E-state index contributed by atoms with van der Waals surface area (Å²) in [7, 11) is 0. The van der Waals surface area contributed by atoms with Gasteiger partial charge in [0.15, 0.2) is 0 Å². The second-order valence-electron chi connectivity index (χ2n) is 13.2. The molecule has 0 aliphatic carbocycles. The van der Waals surface area contributed by atoms with E-state index in [4.69, 9.17) is 30.9 Å². The maximum Gasteiger partial charge on any atom is 0.276 e. The van der Waals surface area contributed by atoms with Gasteiger partial charge in [-0.1, -0.05) is 0 Å². The molecule has 7 rings (SSSR count). The summed E-state index contributed by atoms with van der Waals surface area (Å²) >= 11 is 0. The van der Waals surface area contributed by atoms with Crippen molar-refractivity contribution in [2.45, 2.75) is 73.1 Å². The highest BCUT2D eigenvalue weighted by atomic mass is 16.5. The minimum atomic E-state index is -0.658. The van der Waals surface area contributed by atoms with Crippen LogP contribution in [0.25, 0.3) is 22.1 Å². The van der Waals surface area contributed by atoms with Crippen molar-refractivity contribution in [3.63, 3.8) is 0 Å². The average molecular weight is 751 g/mol. The lowest BCUT2D eigenvalue weighted by Crippen LogP contribution is -2.20. The summed E-state index contributed by atoms with van der Waals surface area (Å²) in [6.07, 6.45) is 1.50. The van der Waals surface area contributed by atoms with E-state index in [2.05, 4.69) is 20.8 Å². The lowest BCUT2D eigenvalue weighted by atomic mass is 10.1. The van der Waals surface area contributed by atoms with Gasteiger partial charge in [0.2, 0.25) is 23.7 Å². The number of imidazole rings is 2. The fourth-order valence-electron chi connectivity index (χ4n) is 6.82. The minimum Gasteiger partial charge on any atom is -0.491 e. The van der Waals surface area contributed by atoms with Gasteiger partial charge in [-0.25, -0.2) is 9.97 Å². The molecule has 55 heavy (non-hydrogen) atoms. The molecule has 0 spiro atoms. The topological polar surface area (TPSA) is 234 Å². The molecule has 18 nitrogen and oxygen atoms in total. The van der Waals surface area contributed by atoms with E-state index in [0.29, 0.717) is 102 Å². The van der Waals surface area contributed by atoms with Gasteiger partial charge in [0.25, 0.3) is 11.8 Å². The summed E-state index contributed by atoms with van der Waals surface area (Å²) in [5, 5.41) is 14.7. The highest BCUT2D eigenvalue weighted by Crippen LogP contribution is 2.34. The first kappa shape index (κ1) is 36.6. The number of aromatic nitrogens is 8. The molecule has 1 aliphatic rings. The van der Waals surface area contributed by atoms with Crippen LogP contribution in [0.2, 0.25) is 0 Å². The van der Waals surface area contributed by atoms with Crippen LogP contribution < -0.4 is 31.6 Å². The summed E-state index contributed by atoms with van der Waals surface area (Å²) in [5.41, 5.74) is 15.9. The lowest BCUT2D eigenvalue weighted by Gasteiger charge is -2.14. The third kappa shape index (κ3) is 7.17. The number of nitrogens with one attached hydrogen (secondary N) is 2. The number of ether oxygens (including phenoxy) is 2. The molecular formula is C37H42N12O6. The van der Waals surface area contributed by atoms with Crippen molar-refractivity contribution in [1.29, 1.82) is 0 Å². The van der Waals surface area contributed by atoms with Crippen LogP contribution in [0.1, 0.15) is 86.2 Å². The number of nitrogens with zero attached hydrogens (tertiary/aromatic N) is 8. The molecule has 0 bridgehead atoms. The van der Waals surface area contributed by atoms with Gasteiger partial charge in [0.05, 0.1) is 35.6 Å². The summed E-state index contributed by atoms with van der Waals surface area (Å²) in [6.45, 7) is 9.52. The standard InChI is InChI=1S/C37H42N12O6/c1-5-48-26(14-20(3)44-48)34(52)42-36-40-24-16-22(32(38)50)18-28-30(24)46(36)10-7-8-11-47-31-25(17-23(33(39)51)19-29(31)55-13-9-12-54-28)41-37(47)43-35(53)27-15-21(4)45-49(27)6-2/h14-19H,5-13H2,1-4H3,(H2,38,50)(H2,39,51)(H,40,42,52)(H,41,43,53). The van der Waals surface area contributed by atoms with Crippen molar-refractivity contribution in [2.24, 2.45) is 11.5 Å². The predicted molar refractivity (Wildman–Crippen MR) is 203 cm³/mol. The molecule has 6 aromatic rings. The van der Waals surface area contributed by atoms with Crippen LogP contribution in [-0.4, -0.2) is 75.5 Å². The minimum absolute atomic E-state index is 0.170. The molecule has 4 aromatic heterocycles. The Morgan fingerprint density at radius 2 is 1.07 bits per heavy atom. The number of rotatable bonds is 8. The van der Waals surface area contributed by atoms with E-state index in [1.807, 2.05) is 36.8 Å². The monoisotopic (exact) mass is 750 g/mol. The van der Waals surface area contributed by atoms with Gasteiger partial charge in [0, 0.05) is 43.7 Å². The Balaban J connectivity index is 1.28. The molecular weight excluding hydrogens is 708 g/mol. The van der Waals surface area contributed by atoms with Gasteiger partial charge in [-0.05, 0) is 76.9 Å². The zero-order valence-corrected chi connectivity index (χ0v) is 31.0. The first-order valence-electron chi connectivity index (χ1n) is 18.1. The molecule has 0 saturated carbocycles. The number of aryl methyl sites for hydroxylation is 6. The number of anilines is 2. The highest BCUT2D eigenvalue weighted by molar-refractivity contribution is 6.05. The Kier molecular flexibility index (Phi) is 9.96. The van der Waals surface area contributed by atoms with E-state index in [1.165, 1.54) is 0 Å². The molecule has 0 saturated heterocycles. The summed E-state index contributed by atoms with van der Waals surface area (Å²) in [4.78, 5) is 61.5. The van der Waals surface area contributed by atoms with Gasteiger partial charge in [-0.3, -0.25) is 39.2 Å². The molecule has 0 atom stereocenters. The molecule has 1 aliphatic heterocycles. The van der Waals surface area contributed by atoms with Crippen molar-refractivity contribution in [3.05, 3.63) is 70.3 Å². The summed E-state index contributed by atoms with van der Waals surface area (Å²) in [6, 6.07) is 9.70. The Morgan fingerprint density at radius 3 is 1.45 bits per heavy atom. The molecule has 18 heteroatoms. The van der Waals surface area contributed by atoms with E-state index in [0.717, 1.165) is 0 Å². The molecule has 286 valence electrons. The van der Waals surface area contributed by atoms with E-state index in [9.17, 15) is 19.2 Å². The van der Waals surface area contributed by atoms with Crippen molar-refractivity contribution >= 4 is 57.6 Å². The summed E-state index contributed by atoms with van der Waals surface area (Å²) in [5.74, 6) is -0.868. The molecule has 5 heterocycles. The van der Waals surface area contributed by atoms with Crippen molar-refractivity contribution in [2.75, 3.05) is 23.8 Å². The molecule has 0 unspecified atom stereocenters. The molecule has 0 radical (unpaired) electrons. The van der Waals surface area contributed by atoms with Crippen LogP contribution in [0.3, 0.4) is 0 Å². The average Bonchev–Trinajstić information content (AvgIpc) is 3.91. The number of benzene rings is 2. The second kappa shape index (κ2) is 15.0. The number of hydrogen-bond acceptors (Lipinski definition) is 10. The van der Waals surface area contributed by atoms with Gasteiger partial charge in [-0.15, -0.1) is 0 Å². The third-order valence-electron chi connectivity index (χ3n) is 9.32. The SMILES string of the molecule is CCn1nc(C)cc1C(=O)Nc1nc2cc(C(N)=O)cc3c2n1CCCCn1c(NC(=O)c2cc(C)nn2CC)nc2cc(C(N)=O)cc(c21)OCCCO3. The van der Waals surface area contributed by atoms with Crippen LogP contribution >= 0.6 is 0 Å². The Bertz CT molecular complexity index is 2320. The lowest BCUT2D eigenvalue weighted by molar-refractivity contribution is 0.0991. The molecule has 0 fully saturated rings. The zero-order chi connectivity index (χ0) is 39.0. The second-order valence-corrected chi connectivity index (χ2v) is 13.2. The Morgan fingerprint density at radius 1 is 0.655 bits per heavy atom. The van der Waals surface area contributed by atoms with E-state index < -0.39 is 23.6 Å². The molecule has 2 aromatic carbocycles. The van der Waals surface area contributed by atoms with Crippen LogP contribution in [0.5, 0.6) is 11.5 Å². The smallest absolute Gasteiger partial charge is 0.276 e. The first-order valence-corrected chi connectivity index (χ1v) is 18.1. The van der Waals surface area contributed by atoms with E-state index in [1.54, 1.807) is 45.8 Å². The normalized spacial score (nSPS) is 13.5. The largest absolute Gasteiger partial charge is 0.491 e. The van der Waals surface area contributed by atoms with Gasteiger partial charge in [0.1, 0.15) is 33.9 Å². The fraction of sp³-hybridized carbons (Fsp3) is 0.351. The Hall–Kier alpha value is -6.72. The number of hydrogen-bond donors (Lipinski definition) is 4. The van der Waals surface area contributed by atoms with Gasteiger partial charge < -0.3 is 30.1 Å². The first-order chi connectivity index (χ1) is 26.4. The number of carbonyl (C=O) groups is 4. The van der Waals surface area contributed by atoms with Crippen LogP contribution in [0.15, 0.2) is 36.4 Å². The number of carbonyl (C=O) groups excluding carboxylic acids is 4. The molecule has 4 amide bonds. The van der Waals surface area contributed by atoms with Crippen molar-refractivity contribution in [1.82, 2.24) is 38.7 Å². The Labute approximate surface area is 314 Å². The third-order valence-corrected chi connectivity index (χ3v) is 9.32. The van der Waals surface area contributed by atoms with Crippen molar-refractivity contribution < 1.29 is 28.7 Å². The number of nitrogens with two attached hydrogens (primary N) is 2. The number of amides is 4. The number of primary amides is 2. The molecule has 6 N–H and O–H groups in total. The van der Waals surface area contributed by atoms with E-state index >= 15 is 0 Å². The predicted octanol–water partition coefficient (Wildman–Crippen LogP) is 3.78. The van der Waals surface area contributed by atoms with Crippen LogP contribution in [0, 0.1) is 13.8 Å². The maximum atomic E-state index is 13.6. The van der Waals surface area contributed by atoms with Crippen LogP contribution in [0.4, 0.5) is 11.9 Å². The van der Waals surface area contributed by atoms with Crippen molar-refractivity contribution in [3.8, 4) is 11.5 Å². The fourth-order valence-corrected chi connectivity index (χ4v) is 6.82. The zero-order valence-electron chi connectivity index (χ0n) is 31.0. The van der Waals surface area contributed by atoms with Gasteiger partial charge in [-0.2, -0.15) is 10.2 Å². The summed E-state index contributed by atoms with van der Waals surface area (Å²) < 4.78 is 19.5. The maximum absolute atomic E-state index is 13.6. The van der Waals surface area contributed by atoms with E-state index in [-0.39, 0.29) is 36.2 Å². The highest BCUT2D eigenvalue weighted by Gasteiger charge is 2.24. The quantitative estimate of drug-likeness (QED) is 0.176. The van der Waals surface area contributed by atoms with Crippen LogP contribution in [-0.2, 0) is 26.2 Å².